The molecule has 0 saturated heterocycles. The van der Waals surface area contributed by atoms with Gasteiger partial charge in [0, 0.05) is 31.1 Å². The van der Waals surface area contributed by atoms with E-state index >= 15 is 0 Å². The van der Waals surface area contributed by atoms with E-state index in [1.165, 1.54) is 46.2 Å². The van der Waals surface area contributed by atoms with Gasteiger partial charge in [0.1, 0.15) is 0 Å². The molecule has 2 aromatic heterocycles. The van der Waals surface area contributed by atoms with Gasteiger partial charge in [-0.25, -0.2) is 0 Å². The summed E-state index contributed by atoms with van der Waals surface area (Å²) in [5.74, 6) is -0.0625. The number of nitrogens with zero attached hydrogens (tertiary/aromatic N) is 1. The van der Waals surface area contributed by atoms with Gasteiger partial charge in [0.05, 0.1) is 16.0 Å². The van der Waals surface area contributed by atoms with Crippen molar-refractivity contribution in [3.63, 3.8) is 0 Å². The molecule has 2 aromatic carbocycles. The zero-order valence-corrected chi connectivity index (χ0v) is 24.5. The molecule has 0 fully saturated rings. The van der Waals surface area contributed by atoms with Gasteiger partial charge in [-0.05, 0) is 48.2 Å². The second-order valence-corrected chi connectivity index (χ2v) is 10.8. The fraction of sp³-hybridized carbons (Fsp3) is 0.267. The van der Waals surface area contributed by atoms with Crippen LogP contribution < -0.4 is 0 Å². The van der Waals surface area contributed by atoms with Crippen molar-refractivity contribution in [2.24, 2.45) is 0 Å². The first-order valence-corrected chi connectivity index (χ1v) is 12.1. The van der Waals surface area contributed by atoms with Crippen molar-refractivity contribution in [2.75, 3.05) is 0 Å². The van der Waals surface area contributed by atoms with Crippen molar-refractivity contribution >= 4 is 27.3 Å². The number of hydrogen-bond donors (Lipinski definition) is 1. The van der Waals surface area contributed by atoms with Crippen molar-refractivity contribution < 1.29 is 30.0 Å². The van der Waals surface area contributed by atoms with Crippen molar-refractivity contribution in [2.45, 2.75) is 53.9 Å². The SMILES string of the molecule is CC(=O)/C=C(/C)O.Cc1[c-]c(-c2ccc3sc(-c4ccc(C(C)(C)C)cc4)cc3n2)cc(C)c1.[Ir]. The van der Waals surface area contributed by atoms with E-state index in [2.05, 4.69) is 95.3 Å². The molecule has 1 radical (unpaired) electrons. The fourth-order valence-electron chi connectivity index (χ4n) is 3.68. The molecule has 0 unspecified atom stereocenters. The molecule has 1 N–H and O–H groups in total. The predicted octanol–water partition coefficient (Wildman–Crippen LogP) is 8.38. The van der Waals surface area contributed by atoms with Crippen LogP contribution in [0.3, 0.4) is 0 Å². The third-order valence-electron chi connectivity index (χ3n) is 5.25. The summed E-state index contributed by atoms with van der Waals surface area (Å²) in [6.07, 6.45) is 1.17. The second-order valence-electron chi connectivity index (χ2n) is 9.67. The average Bonchev–Trinajstić information content (AvgIpc) is 3.15. The van der Waals surface area contributed by atoms with Crippen LogP contribution in [0.1, 0.15) is 51.3 Å². The Kier molecular flexibility index (Phi) is 9.74. The van der Waals surface area contributed by atoms with Gasteiger partial charge < -0.3 is 5.11 Å². The average molecular weight is 663 g/mol. The smallest absolute Gasteiger partial charge is 0.155 e. The van der Waals surface area contributed by atoms with Crippen LogP contribution in [0.15, 0.2) is 66.4 Å². The van der Waals surface area contributed by atoms with Crippen LogP contribution >= 0.6 is 11.3 Å². The number of aliphatic hydroxyl groups is 1. The van der Waals surface area contributed by atoms with Gasteiger partial charge in [-0.15, -0.1) is 46.2 Å². The Morgan fingerprint density at radius 3 is 2.17 bits per heavy atom. The van der Waals surface area contributed by atoms with Gasteiger partial charge in [0.15, 0.2) is 5.78 Å². The largest absolute Gasteiger partial charge is 0.512 e. The number of benzene rings is 2. The molecule has 35 heavy (non-hydrogen) atoms. The van der Waals surface area contributed by atoms with Crippen molar-refractivity contribution in [1.29, 1.82) is 0 Å². The number of aryl methyl sites for hydroxylation is 2. The fourth-order valence-corrected chi connectivity index (χ4v) is 4.68. The van der Waals surface area contributed by atoms with Crippen LogP contribution in [0.4, 0.5) is 0 Å². The molecule has 3 nitrogen and oxygen atoms in total. The molecule has 0 bridgehead atoms. The van der Waals surface area contributed by atoms with Gasteiger partial charge in [0.25, 0.3) is 0 Å². The molecule has 185 valence electrons. The molecular weight excluding hydrogens is 631 g/mol. The van der Waals surface area contributed by atoms with E-state index in [1.807, 2.05) is 0 Å². The Morgan fingerprint density at radius 1 is 1.00 bits per heavy atom. The first-order chi connectivity index (χ1) is 15.9. The molecule has 0 spiro atoms. The quantitative estimate of drug-likeness (QED) is 0.136. The standard InChI is InChI=1S/C25H24NS.C5H8O2.Ir/c1-16-12-17(2)14-19(13-16)21-10-11-23-22(26-21)15-24(27-23)18-6-8-20(9-7-18)25(3,4)5;1-4(6)3-5(2)7;/h6-13,15H,1-5H3;3,6H,1-2H3;/q-1;;/b;4-3-;. The summed E-state index contributed by atoms with van der Waals surface area (Å²) >= 11 is 1.80. The number of carbonyl (C=O) groups is 1. The number of allylic oxidation sites excluding steroid dienone is 2. The number of aromatic nitrogens is 1. The summed E-state index contributed by atoms with van der Waals surface area (Å²) in [6.45, 7) is 13.8. The Hall–Kier alpha value is -2.59. The predicted molar refractivity (Wildman–Crippen MR) is 145 cm³/mol. The van der Waals surface area contributed by atoms with Crippen LogP contribution in [0.5, 0.6) is 0 Å². The van der Waals surface area contributed by atoms with E-state index in [4.69, 9.17) is 10.1 Å². The minimum atomic E-state index is -0.125. The second kappa shape index (κ2) is 11.9. The molecule has 0 aliphatic carbocycles. The minimum absolute atomic E-state index is 0. The molecule has 0 atom stereocenters. The van der Waals surface area contributed by atoms with Gasteiger partial charge in [-0.2, -0.15) is 0 Å². The zero-order chi connectivity index (χ0) is 25.0. The molecule has 4 aromatic rings. The summed E-state index contributed by atoms with van der Waals surface area (Å²) in [5, 5.41) is 8.36. The number of carbonyl (C=O) groups excluding carboxylic acids is 1. The van der Waals surface area contributed by atoms with Crippen LogP contribution in [0.2, 0.25) is 0 Å². The Balaban J connectivity index is 0.000000476. The maximum Gasteiger partial charge on any atom is 0.155 e. The van der Waals surface area contributed by atoms with Crippen LogP contribution in [-0.4, -0.2) is 15.9 Å². The van der Waals surface area contributed by atoms with Gasteiger partial charge >= 0.3 is 0 Å². The summed E-state index contributed by atoms with van der Waals surface area (Å²) in [6, 6.07) is 23.2. The van der Waals surface area contributed by atoms with Crippen LogP contribution in [-0.2, 0) is 30.3 Å². The number of hydrogen-bond acceptors (Lipinski definition) is 4. The number of pyridine rings is 1. The van der Waals surface area contributed by atoms with Crippen molar-refractivity contribution in [1.82, 2.24) is 4.98 Å². The van der Waals surface area contributed by atoms with E-state index in [0.29, 0.717) is 0 Å². The molecule has 0 amide bonds. The van der Waals surface area contributed by atoms with Crippen molar-refractivity contribution in [3.05, 3.63) is 89.2 Å². The molecule has 5 heteroatoms. The number of thiophene rings is 1. The molecular formula is C30H32IrNO2S-. The minimum Gasteiger partial charge on any atom is -0.512 e. The van der Waals surface area contributed by atoms with Gasteiger partial charge in [0.2, 0.25) is 0 Å². The maximum absolute atomic E-state index is 10.0. The summed E-state index contributed by atoms with van der Waals surface area (Å²) in [4.78, 5) is 16.2. The number of aliphatic hydroxyl groups excluding tert-OH is 1. The summed E-state index contributed by atoms with van der Waals surface area (Å²) < 4.78 is 1.22. The van der Waals surface area contributed by atoms with Crippen LogP contribution in [0, 0.1) is 19.9 Å². The Labute approximate surface area is 226 Å². The number of ketones is 1. The molecule has 0 saturated carbocycles. The third-order valence-corrected chi connectivity index (χ3v) is 6.38. The van der Waals surface area contributed by atoms with E-state index in [9.17, 15) is 4.79 Å². The number of fused-ring (bicyclic) bond motifs is 1. The first kappa shape index (κ1) is 28.6. The Morgan fingerprint density at radius 2 is 1.66 bits per heavy atom. The molecule has 0 aliphatic heterocycles. The summed E-state index contributed by atoms with van der Waals surface area (Å²) in [5.41, 5.74) is 8.30. The zero-order valence-electron chi connectivity index (χ0n) is 21.3. The number of rotatable bonds is 3. The van der Waals surface area contributed by atoms with E-state index < -0.39 is 0 Å². The van der Waals surface area contributed by atoms with E-state index in [1.54, 1.807) is 11.3 Å². The first-order valence-electron chi connectivity index (χ1n) is 11.3. The van der Waals surface area contributed by atoms with Gasteiger partial charge in [-0.1, -0.05) is 65.0 Å². The van der Waals surface area contributed by atoms with Gasteiger partial charge in [-0.3, -0.25) is 9.78 Å². The monoisotopic (exact) mass is 663 g/mol. The Bertz CT molecular complexity index is 1320. The van der Waals surface area contributed by atoms with E-state index in [-0.39, 0.29) is 37.1 Å². The molecule has 0 aliphatic rings. The van der Waals surface area contributed by atoms with Crippen LogP contribution in [0.25, 0.3) is 31.9 Å². The third kappa shape index (κ3) is 7.96. The van der Waals surface area contributed by atoms with Crippen molar-refractivity contribution in [3.8, 4) is 21.7 Å². The summed E-state index contributed by atoms with van der Waals surface area (Å²) in [7, 11) is 0. The normalized spacial score (nSPS) is 11.5. The molecule has 4 rings (SSSR count). The topological polar surface area (TPSA) is 50.2 Å². The molecule has 2 heterocycles. The van der Waals surface area contributed by atoms with E-state index in [0.717, 1.165) is 22.3 Å². The maximum atomic E-state index is 10.0.